The summed E-state index contributed by atoms with van der Waals surface area (Å²) in [5.41, 5.74) is 9.22. The molecule has 0 aliphatic heterocycles. The van der Waals surface area contributed by atoms with Gasteiger partial charge >= 0.3 is 0 Å². The maximum absolute atomic E-state index is 5.72. The highest BCUT2D eigenvalue weighted by atomic mass is 15.3. The van der Waals surface area contributed by atoms with Crippen molar-refractivity contribution in [3.8, 4) is 5.69 Å². The minimum absolute atomic E-state index is 0.708. The van der Waals surface area contributed by atoms with Crippen molar-refractivity contribution in [1.29, 1.82) is 0 Å². The van der Waals surface area contributed by atoms with Crippen LogP contribution in [-0.4, -0.2) is 14.8 Å². The van der Waals surface area contributed by atoms with Crippen LogP contribution >= 0.6 is 0 Å². The Hall–Kier alpha value is -1.84. The van der Waals surface area contributed by atoms with Crippen LogP contribution in [-0.2, 0) is 0 Å². The summed E-state index contributed by atoms with van der Waals surface area (Å²) in [6.07, 6.45) is 3.57. The van der Waals surface area contributed by atoms with Crippen LogP contribution in [0.1, 0.15) is 11.4 Å². The van der Waals surface area contributed by atoms with E-state index in [2.05, 4.69) is 10.1 Å². The van der Waals surface area contributed by atoms with Gasteiger partial charge in [-0.25, -0.2) is 4.68 Å². The molecule has 4 heteroatoms. The molecule has 2 N–H and O–H groups in total. The summed E-state index contributed by atoms with van der Waals surface area (Å²) < 4.78 is 1.76. The van der Waals surface area contributed by atoms with E-state index in [0.29, 0.717) is 5.69 Å². The molecule has 0 aromatic carbocycles. The van der Waals surface area contributed by atoms with Crippen molar-refractivity contribution in [2.75, 3.05) is 5.73 Å². The standard InChI is InChI=1S/C10H12N4/c1-7-5-9(3-4-12-7)14-6-10(11)8(2)13-14/h3-6H,11H2,1-2H3. The number of aryl methyl sites for hydroxylation is 2. The van der Waals surface area contributed by atoms with Crippen LogP contribution in [0.5, 0.6) is 0 Å². The SMILES string of the molecule is Cc1cc(-n2cc(N)c(C)n2)ccn1. The predicted molar refractivity (Wildman–Crippen MR) is 55.2 cm³/mol. The third-order valence-corrected chi connectivity index (χ3v) is 2.08. The van der Waals surface area contributed by atoms with Crippen molar-refractivity contribution >= 4 is 5.69 Å². The summed E-state index contributed by atoms with van der Waals surface area (Å²) in [6, 6.07) is 3.87. The molecule has 2 rings (SSSR count). The lowest BCUT2D eigenvalue weighted by atomic mass is 10.3. The molecule has 2 heterocycles. The van der Waals surface area contributed by atoms with E-state index in [1.807, 2.05) is 32.2 Å². The van der Waals surface area contributed by atoms with Gasteiger partial charge in [-0.2, -0.15) is 5.10 Å². The topological polar surface area (TPSA) is 56.7 Å². The Balaban J connectivity index is 2.49. The van der Waals surface area contributed by atoms with Crippen molar-refractivity contribution in [2.24, 2.45) is 0 Å². The van der Waals surface area contributed by atoms with Gasteiger partial charge in [-0.15, -0.1) is 0 Å². The number of nitrogens with zero attached hydrogens (tertiary/aromatic N) is 3. The lowest BCUT2D eigenvalue weighted by molar-refractivity contribution is 0.857. The Morgan fingerprint density at radius 1 is 1.36 bits per heavy atom. The average Bonchev–Trinajstić information content (AvgIpc) is 2.47. The highest BCUT2D eigenvalue weighted by molar-refractivity contribution is 5.43. The third kappa shape index (κ3) is 1.46. The Bertz CT molecular complexity index is 439. The number of hydrogen-bond donors (Lipinski definition) is 1. The van der Waals surface area contributed by atoms with E-state index >= 15 is 0 Å². The molecular weight excluding hydrogens is 176 g/mol. The highest BCUT2D eigenvalue weighted by Gasteiger charge is 2.02. The molecule has 0 saturated heterocycles. The first kappa shape index (κ1) is 8.74. The average molecular weight is 188 g/mol. The molecule has 14 heavy (non-hydrogen) atoms. The first-order valence-corrected chi connectivity index (χ1v) is 4.41. The molecule has 0 unspecified atom stereocenters. The molecule has 4 nitrogen and oxygen atoms in total. The second-order valence-corrected chi connectivity index (χ2v) is 3.27. The molecule has 0 fully saturated rings. The Morgan fingerprint density at radius 2 is 2.14 bits per heavy atom. The number of aromatic nitrogens is 3. The van der Waals surface area contributed by atoms with Gasteiger partial charge in [0.05, 0.1) is 23.3 Å². The molecule has 0 radical (unpaired) electrons. The first-order valence-electron chi connectivity index (χ1n) is 4.41. The van der Waals surface area contributed by atoms with Crippen LogP contribution in [0.4, 0.5) is 5.69 Å². The molecule has 0 aliphatic carbocycles. The second kappa shape index (κ2) is 3.14. The molecule has 0 saturated carbocycles. The molecule has 2 aromatic heterocycles. The van der Waals surface area contributed by atoms with Gasteiger partial charge in [-0.3, -0.25) is 4.98 Å². The summed E-state index contributed by atoms with van der Waals surface area (Å²) in [6.45, 7) is 3.84. The van der Waals surface area contributed by atoms with Crippen LogP contribution in [0.3, 0.4) is 0 Å². The van der Waals surface area contributed by atoms with Crippen molar-refractivity contribution < 1.29 is 0 Å². The minimum Gasteiger partial charge on any atom is -0.396 e. The fourth-order valence-corrected chi connectivity index (χ4v) is 1.28. The molecule has 0 spiro atoms. The third-order valence-electron chi connectivity index (χ3n) is 2.08. The molecule has 0 bridgehead atoms. The summed E-state index contributed by atoms with van der Waals surface area (Å²) in [5.74, 6) is 0. The first-order chi connectivity index (χ1) is 6.66. The number of anilines is 1. The number of pyridine rings is 1. The second-order valence-electron chi connectivity index (χ2n) is 3.27. The van der Waals surface area contributed by atoms with Crippen LogP contribution < -0.4 is 5.73 Å². The monoisotopic (exact) mass is 188 g/mol. The molecule has 0 atom stereocenters. The minimum atomic E-state index is 0.708. The molecule has 0 aliphatic rings. The number of rotatable bonds is 1. The summed E-state index contributed by atoms with van der Waals surface area (Å²) in [4.78, 5) is 4.12. The Labute approximate surface area is 82.4 Å². The fraction of sp³-hybridized carbons (Fsp3) is 0.200. The molecule has 2 aromatic rings. The zero-order valence-corrected chi connectivity index (χ0v) is 8.23. The van der Waals surface area contributed by atoms with Crippen molar-refractivity contribution in [3.05, 3.63) is 35.9 Å². The van der Waals surface area contributed by atoms with Crippen LogP contribution in [0.25, 0.3) is 5.69 Å². The number of hydrogen-bond acceptors (Lipinski definition) is 3. The number of nitrogens with two attached hydrogens (primary N) is 1. The summed E-state index contributed by atoms with van der Waals surface area (Å²) >= 11 is 0. The highest BCUT2D eigenvalue weighted by Crippen LogP contribution is 2.12. The van der Waals surface area contributed by atoms with E-state index in [1.54, 1.807) is 10.9 Å². The Kier molecular flexibility index (Phi) is 1.96. The van der Waals surface area contributed by atoms with E-state index in [1.165, 1.54) is 0 Å². The zero-order chi connectivity index (χ0) is 10.1. The number of nitrogen functional groups attached to an aromatic ring is 1. The van der Waals surface area contributed by atoms with Crippen LogP contribution in [0.2, 0.25) is 0 Å². The summed E-state index contributed by atoms with van der Waals surface area (Å²) in [5, 5.41) is 4.29. The summed E-state index contributed by atoms with van der Waals surface area (Å²) in [7, 11) is 0. The molecule has 72 valence electrons. The predicted octanol–water partition coefficient (Wildman–Crippen LogP) is 1.47. The Morgan fingerprint density at radius 3 is 2.71 bits per heavy atom. The van der Waals surface area contributed by atoms with E-state index < -0.39 is 0 Å². The van der Waals surface area contributed by atoms with Crippen LogP contribution in [0.15, 0.2) is 24.5 Å². The smallest absolute Gasteiger partial charge is 0.0827 e. The lowest BCUT2D eigenvalue weighted by Gasteiger charge is -2.00. The quantitative estimate of drug-likeness (QED) is 0.737. The van der Waals surface area contributed by atoms with Gasteiger partial charge in [-0.1, -0.05) is 0 Å². The molecule has 0 amide bonds. The van der Waals surface area contributed by atoms with Crippen molar-refractivity contribution in [1.82, 2.24) is 14.8 Å². The molecular formula is C10H12N4. The van der Waals surface area contributed by atoms with Crippen LogP contribution in [0, 0.1) is 13.8 Å². The largest absolute Gasteiger partial charge is 0.396 e. The van der Waals surface area contributed by atoms with E-state index in [9.17, 15) is 0 Å². The van der Waals surface area contributed by atoms with Gasteiger partial charge in [0.15, 0.2) is 0 Å². The van der Waals surface area contributed by atoms with E-state index in [-0.39, 0.29) is 0 Å². The van der Waals surface area contributed by atoms with Gasteiger partial charge in [0.2, 0.25) is 0 Å². The lowest BCUT2D eigenvalue weighted by Crippen LogP contribution is -1.95. The zero-order valence-electron chi connectivity index (χ0n) is 8.23. The van der Waals surface area contributed by atoms with Gasteiger partial charge in [0, 0.05) is 11.9 Å². The van der Waals surface area contributed by atoms with Gasteiger partial charge in [0.1, 0.15) is 0 Å². The van der Waals surface area contributed by atoms with Crippen molar-refractivity contribution in [3.63, 3.8) is 0 Å². The van der Waals surface area contributed by atoms with Gasteiger partial charge in [-0.05, 0) is 26.0 Å². The van der Waals surface area contributed by atoms with Gasteiger partial charge < -0.3 is 5.73 Å². The normalized spacial score (nSPS) is 10.4. The van der Waals surface area contributed by atoms with E-state index in [0.717, 1.165) is 17.1 Å². The fourth-order valence-electron chi connectivity index (χ4n) is 1.28. The van der Waals surface area contributed by atoms with E-state index in [4.69, 9.17) is 5.73 Å². The van der Waals surface area contributed by atoms with Crippen molar-refractivity contribution in [2.45, 2.75) is 13.8 Å². The maximum Gasteiger partial charge on any atom is 0.0827 e. The maximum atomic E-state index is 5.72. The van der Waals surface area contributed by atoms with Gasteiger partial charge in [0.25, 0.3) is 0 Å².